The van der Waals surface area contributed by atoms with Gasteiger partial charge < -0.3 is 4.74 Å². The first-order valence-corrected chi connectivity index (χ1v) is 6.85. The van der Waals surface area contributed by atoms with Gasteiger partial charge in [0.2, 0.25) is 0 Å². The average molecular weight is 279 g/mol. The highest BCUT2D eigenvalue weighted by atomic mass is 19.4. The summed E-state index contributed by atoms with van der Waals surface area (Å²) in [6, 6.07) is 0.0464. The molecule has 2 fully saturated rings. The highest BCUT2D eigenvalue weighted by Crippen LogP contribution is 2.42. The van der Waals surface area contributed by atoms with Gasteiger partial charge in [0, 0.05) is 19.0 Å². The number of carbonyl (C=O) groups is 1. The van der Waals surface area contributed by atoms with E-state index < -0.39 is 12.7 Å². The molecule has 0 aromatic heterocycles. The van der Waals surface area contributed by atoms with Crippen molar-refractivity contribution in [1.82, 2.24) is 4.90 Å². The molecule has 0 aromatic carbocycles. The number of likely N-dealkylation sites (tertiary alicyclic amines) is 1. The van der Waals surface area contributed by atoms with Crippen LogP contribution in [0.5, 0.6) is 0 Å². The van der Waals surface area contributed by atoms with Crippen molar-refractivity contribution in [3.63, 3.8) is 0 Å². The third kappa shape index (κ3) is 3.84. The second kappa shape index (κ2) is 5.69. The maximum Gasteiger partial charge on any atom is 0.401 e. The van der Waals surface area contributed by atoms with Crippen molar-refractivity contribution in [3.05, 3.63) is 0 Å². The molecule has 19 heavy (non-hydrogen) atoms. The molecular weight excluding hydrogens is 259 g/mol. The highest BCUT2D eigenvalue weighted by molar-refractivity contribution is 5.69. The smallest absolute Gasteiger partial charge is 0.401 e. The van der Waals surface area contributed by atoms with E-state index in [4.69, 9.17) is 4.74 Å². The van der Waals surface area contributed by atoms with Crippen molar-refractivity contribution in [2.45, 2.75) is 44.8 Å². The zero-order chi connectivity index (χ0) is 14.0. The van der Waals surface area contributed by atoms with E-state index in [1.54, 1.807) is 6.92 Å². The minimum absolute atomic E-state index is 0.0464. The highest BCUT2D eigenvalue weighted by Gasteiger charge is 2.44. The quantitative estimate of drug-likeness (QED) is 0.741. The number of halogens is 3. The summed E-state index contributed by atoms with van der Waals surface area (Å²) in [6.45, 7) is 1.77. The van der Waals surface area contributed by atoms with E-state index in [0.29, 0.717) is 19.6 Å². The maximum atomic E-state index is 12.5. The fraction of sp³-hybridized carbons (Fsp3) is 0.923. The van der Waals surface area contributed by atoms with Crippen LogP contribution in [0.4, 0.5) is 13.2 Å². The summed E-state index contributed by atoms with van der Waals surface area (Å²) in [6.07, 6.45) is -1.39. The van der Waals surface area contributed by atoms with Crippen molar-refractivity contribution >= 4 is 5.97 Å². The first-order chi connectivity index (χ1) is 8.89. The first kappa shape index (κ1) is 14.6. The third-order valence-electron chi connectivity index (χ3n) is 4.21. The number of hydrogen-bond acceptors (Lipinski definition) is 3. The van der Waals surface area contributed by atoms with E-state index in [9.17, 15) is 18.0 Å². The molecule has 0 aromatic rings. The summed E-state index contributed by atoms with van der Waals surface area (Å²) < 4.78 is 42.3. The summed E-state index contributed by atoms with van der Waals surface area (Å²) in [5.74, 6) is 0.180. The predicted octanol–water partition coefficient (Wildman–Crippen LogP) is 2.60. The number of esters is 1. The van der Waals surface area contributed by atoms with E-state index in [-0.39, 0.29) is 23.8 Å². The lowest BCUT2D eigenvalue weighted by atomic mass is 9.78. The van der Waals surface area contributed by atoms with Gasteiger partial charge in [-0.25, -0.2) is 0 Å². The van der Waals surface area contributed by atoms with E-state index in [0.717, 1.165) is 19.3 Å². The standard InChI is InChI=1S/C13H20F3NO2/c1-2-19-12(18)6-9-3-4-11-5-10(9)7-17(11)8-13(14,15)16/h9-11H,2-8H2,1H3. The minimum Gasteiger partial charge on any atom is -0.466 e. The van der Waals surface area contributed by atoms with Crippen LogP contribution in [0.3, 0.4) is 0 Å². The Hall–Kier alpha value is -0.780. The maximum absolute atomic E-state index is 12.5. The molecule has 1 heterocycles. The van der Waals surface area contributed by atoms with Crippen LogP contribution >= 0.6 is 0 Å². The molecule has 1 aliphatic heterocycles. The Bertz CT molecular complexity index is 332. The molecule has 1 saturated heterocycles. The summed E-state index contributed by atoms with van der Waals surface area (Å²) >= 11 is 0. The molecule has 0 N–H and O–H groups in total. The van der Waals surface area contributed by atoms with Crippen LogP contribution in [0.1, 0.15) is 32.6 Å². The molecule has 6 heteroatoms. The molecule has 0 amide bonds. The largest absolute Gasteiger partial charge is 0.466 e. The Morgan fingerprint density at radius 1 is 1.37 bits per heavy atom. The van der Waals surface area contributed by atoms with Crippen LogP contribution in [0.2, 0.25) is 0 Å². The zero-order valence-electron chi connectivity index (χ0n) is 11.1. The molecule has 2 rings (SSSR count). The molecule has 1 saturated carbocycles. The lowest BCUT2D eigenvalue weighted by Crippen LogP contribution is -2.37. The van der Waals surface area contributed by atoms with Gasteiger partial charge >= 0.3 is 12.1 Å². The third-order valence-corrected chi connectivity index (χ3v) is 4.21. The number of hydrogen-bond donors (Lipinski definition) is 0. The Morgan fingerprint density at radius 2 is 2.11 bits per heavy atom. The van der Waals surface area contributed by atoms with Gasteiger partial charge in [-0.3, -0.25) is 9.69 Å². The summed E-state index contributed by atoms with van der Waals surface area (Å²) in [5.41, 5.74) is 0. The SMILES string of the molecule is CCOC(=O)CC1CCC2CC1CN2CC(F)(F)F. The van der Waals surface area contributed by atoms with Crippen LogP contribution in [0, 0.1) is 11.8 Å². The fourth-order valence-corrected chi connectivity index (χ4v) is 3.43. The number of nitrogens with zero attached hydrogens (tertiary/aromatic N) is 1. The number of alkyl halides is 3. The van der Waals surface area contributed by atoms with Gasteiger partial charge in [0.1, 0.15) is 0 Å². The van der Waals surface area contributed by atoms with E-state index >= 15 is 0 Å². The molecule has 0 radical (unpaired) electrons. The molecule has 2 aliphatic rings. The summed E-state index contributed by atoms with van der Waals surface area (Å²) in [7, 11) is 0. The van der Waals surface area contributed by atoms with Gasteiger partial charge in [0.15, 0.2) is 0 Å². The van der Waals surface area contributed by atoms with Gasteiger partial charge in [-0.1, -0.05) is 0 Å². The van der Waals surface area contributed by atoms with Crippen molar-refractivity contribution < 1.29 is 22.7 Å². The molecule has 110 valence electrons. The van der Waals surface area contributed by atoms with Gasteiger partial charge in [0.25, 0.3) is 0 Å². The normalized spacial score (nSPS) is 31.5. The number of ether oxygens (including phenoxy) is 1. The van der Waals surface area contributed by atoms with Crippen LogP contribution < -0.4 is 0 Å². The summed E-state index contributed by atoms with van der Waals surface area (Å²) in [5, 5.41) is 0. The fourth-order valence-electron chi connectivity index (χ4n) is 3.43. The molecule has 3 nitrogen and oxygen atoms in total. The molecule has 3 atom stereocenters. The average Bonchev–Trinajstić information content (AvgIpc) is 2.59. The lowest BCUT2D eigenvalue weighted by Gasteiger charge is -2.28. The van der Waals surface area contributed by atoms with E-state index in [1.807, 2.05) is 0 Å². The second-order valence-electron chi connectivity index (χ2n) is 5.54. The molecule has 2 bridgehead atoms. The van der Waals surface area contributed by atoms with Crippen LogP contribution in [0.25, 0.3) is 0 Å². The Labute approximate surface area is 111 Å². The van der Waals surface area contributed by atoms with Crippen molar-refractivity contribution in [2.75, 3.05) is 19.7 Å². The van der Waals surface area contributed by atoms with Crippen LogP contribution in [-0.2, 0) is 9.53 Å². The summed E-state index contributed by atoms with van der Waals surface area (Å²) in [4.78, 5) is 13.0. The van der Waals surface area contributed by atoms with Crippen molar-refractivity contribution in [3.8, 4) is 0 Å². The Kier molecular flexibility index (Phi) is 4.38. The van der Waals surface area contributed by atoms with Gasteiger partial charge in [-0.15, -0.1) is 0 Å². The van der Waals surface area contributed by atoms with Crippen LogP contribution in [-0.4, -0.2) is 42.8 Å². The van der Waals surface area contributed by atoms with Gasteiger partial charge in [0.05, 0.1) is 13.2 Å². The predicted molar refractivity (Wildman–Crippen MR) is 63.5 cm³/mol. The van der Waals surface area contributed by atoms with Gasteiger partial charge in [-0.05, 0) is 38.0 Å². The molecule has 1 aliphatic carbocycles. The lowest BCUT2D eigenvalue weighted by molar-refractivity contribution is -0.148. The minimum atomic E-state index is -4.13. The first-order valence-electron chi connectivity index (χ1n) is 6.85. The molecule has 3 unspecified atom stereocenters. The number of carbonyl (C=O) groups excluding carboxylic acids is 1. The monoisotopic (exact) mass is 279 g/mol. The Morgan fingerprint density at radius 3 is 2.74 bits per heavy atom. The zero-order valence-corrected chi connectivity index (χ0v) is 11.1. The van der Waals surface area contributed by atoms with E-state index in [2.05, 4.69) is 0 Å². The van der Waals surface area contributed by atoms with Crippen LogP contribution in [0.15, 0.2) is 0 Å². The molecular formula is C13H20F3NO2. The van der Waals surface area contributed by atoms with E-state index in [1.165, 1.54) is 4.90 Å². The van der Waals surface area contributed by atoms with Crippen molar-refractivity contribution in [2.24, 2.45) is 11.8 Å². The Balaban J connectivity index is 1.88. The van der Waals surface area contributed by atoms with Gasteiger partial charge in [-0.2, -0.15) is 13.2 Å². The number of rotatable bonds is 4. The topological polar surface area (TPSA) is 29.5 Å². The second-order valence-corrected chi connectivity index (χ2v) is 5.54. The molecule has 0 spiro atoms. The number of fused-ring (bicyclic) bond motifs is 2. The van der Waals surface area contributed by atoms with Crippen molar-refractivity contribution in [1.29, 1.82) is 0 Å².